The van der Waals surface area contributed by atoms with Gasteiger partial charge in [0.2, 0.25) is 4.96 Å². The van der Waals surface area contributed by atoms with Gasteiger partial charge < -0.3 is 4.74 Å². The molecule has 0 unspecified atom stereocenters. The highest BCUT2D eigenvalue weighted by Gasteiger charge is 2.12. The SMILES string of the molecule is CCCCCOc1ccc(-c2nc3s/c(=C\c4ccc(F)cc4)c(=O)n3n2)cc1. The first-order chi connectivity index (χ1) is 14.1. The highest BCUT2D eigenvalue weighted by molar-refractivity contribution is 7.15. The van der Waals surface area contributed by atoms with Crippen molar-refractivity contribution in [3.63, 3.8) is 0 Å². The Balaban J connectivity index is 1.55. The summed E-state index contributed by atoms with van der Waals surface area (Å²) in [5.41, 5.74) is 1.34. The van der Waals surface area contributed by atoms with Gasteiger partial charge in [0, 0.05) is 5.56 Å². The van der Waals surface area contributed by atoms with Crippen molar-refractivity contribution in [3.8, 4) is 17.1 Å². The number of thiazole rings is 1. The second-order valence-corrected chi connectivity index (χ2v) is 7.69. The van der Waals surface area contributed by atoms with Gasteiger partial charge in [-0.05, 0) is 54.5 Å². The number of nitrogens with zero attached hydrogens (tertiary/aromatic N) is 3. The van der Waals surface area contributed by atoms with E-state index in [4.69, 9.17) is 4.74 Å². The number of aromatic nitrogens is 3. The molecule has 4 rings (SSSR count). The molecule has 7 heteroatoms. The summed E-state index contributed by atoms with van der Waals surface area (Å²) in [6.45, 7) is 2.87. The molecule has 2 aromatic carbocycles. The van der Waals surface area contributed by atoms with Crippen LogP contribution in [0.25, 0.3) is 22.4 Å². The van der Waals surface area contributed by atoms with E-state index in [1.54, 1.807) is 18.2 Å². The quantitative estimate of drug-likeness (QED) is 0.432. The molecular weight excluding hydrogens is 389 g/mol. The van der Waals surface area contributed by atoms with E-state index < -0.39 is 0 Å². The Hall–Kier alpha value is -3.06. The Kier molecular flexibility index (Phi) is 5.67. The largest absolute Gasteiger partial charge is 0.494 e. The number of unbranched alkanes of at least 4 members (excludes halogenated alkanes) is 2. The third kappa shape index (κ3) is 4.35. The number of fused-ring (bicyclic) bond motifs is 1. The summed E-state index contributed by atoms with van der Waals surface area (Å²) in [6.07, 6.45) is 5.08. The molecule has 0 fully saturated rings. The number of hydrogen-bond donors (Lipinski definition) is 0. The third-order valence-corrected chi connectivity index (χ3v) is 5.44. The van der Waals surface area contributed by atoms with Crippen LogP contribution < -0.4 is 14.8 Å². The van der Waals surface area contributed by atoms with Crippen molar-refractivity contribution < 1.29 is 9.13 Å². The van der Waals surface area contributed by atoms with Crippen molar-refractivity contribution >= 4 is 22.4 Å². The van der Waals surface area contributed by atoms with Gasteiger partial charge in [-0.25, -0.2) is 4.39 Å². The van der Waals surface area contributed by atoms with Crippen molar-refractivity contribution in [3.05, 3.63) is 74.8 Å². The first-order valence-electron chi connectivity index (χ1n) is 9.54. The first-order valence-corrected chi connectivity index (χ1v) is 10.4. The summed E-state index contributed by atoms with van der Waals surface area (Å²) in [5.74, 6) is 1.000. The molecule has 5 nitrogen and oxygen atoms in total. The van der Waals surface area contributed by atoms with E-state index in [1.165, 1.54) is 28.0 Å². The van der Waals surface area contributed by atoms with Crippen LogP contribution >= 0.6 is 11.3 Å². The number of hydrogen-bond acceptors (Lipinski definition) is 5. The number of ether oxygens (including phenoxy) is 1. The molecule has 0 radical (unpaired) electrons. The summed E-state index contributed by atoms with van der Waals surface area (Å²) in [7, 11) is 0. The summed E-state index contributed by atoms with van der Waals surface area (Å²) < 4.78 is 20.6. The number of halogens is 1. The van der Waals surface area contributed by atoms with E-state index in [2.05, 4.69) is 17.0 Å². The monoisotopic (exact) mass is 409 g/mol. The smallest absolute Gasteiger partial charge is 0.291 e. The van der Waals surface area contributed by atoms with Gasteiger partial charge >= 0.3 is 0 Å². The summed E-state index contributed by atoms with van der Waals surface area (Å²) in [6, 6.07) is 13.6. The molecule has 0 atom stereocenters. The van der Waals surface area contributed by atoms with E-state index in [-0.39, 0.29) is 11.4 Å². The fourth-order valence-electron chi connectivity index (χ4n) is 2.91. The molecule has 0 bridgehead atoms. The lowest BCUT2D eigenvalue weighted by Gasteiger charge is -2.05. The number of rotatable bonds is 7. The van der Waals surface area contributed by atoms with Crippen LogP contribution in [0.1, 0.15) is 31.7 Å². The zero-order valence-electron chi connectivity index (χ0n) is 16.0. The molecule has 0 amide bonds. The Morgan fingerprint density at radius 2 is 1.86 bits per heavy atom. The maximum Gasteiger partial charge on any atom is 0.291 e. The minimum Gasteiger partial charge on any atom is -0.494 e. The van der Waals surface area contributed by atoms with Crippen LogP contribution in [0, 0.1) is 5.82 Å². The molecule has 0 N–H and O–H groups in total. The molecule has 0 aliphatic heterocycles. The van der Waals surface area contributed by atoms with Gasteiger partial charge in [-0.1, -0.05) is 43.2 Å². The van der Waals surface area contributed by atoms with Gasteiger partial charge in [-0.2, -0.15) is 9.50 Å². The number of benzene rings is 2. The molecule has 2 heterocycles. The molecule has 0 saturated heterocycles. The molecule has 4 aromatic rings. The molecule has 148 valence electrons. The molecule has 0 saturated carbocycles. The fourth-order valence-corrected chi connectivity index (χ4v) is 3.82. The summed E-state index contributed by atoms with van der Waals surface area (Å²) >= 11 is 1.26. The van der Waals surface area contributed by atoms with Crippen LogP contribution in [0.5, 0.6) is 5.75 Å². The predicted molar refractivity (Wildman–Crippen MR) is 113 cm³/mol. The predicted octanol–water partition coefficient (Wildman–Crippen LogP) is 4.07. The highest BCUT2D eigenvalue weighted by Crippen LogP contribution is 2.20. The average Bonchev–Trinajstić information content (AvgIpc) is 3.27. The first kappa shape index (κ1) is 19.3. The van der Waals surface area contributed by atoms with Crippen LogP contribution in [0.4, 0.5) is 4.39 Å². The van der Waals surface area contributed by atoms with E-state index in [1.807, 2.05) is 24.3 Å². The van der Waals surface area contributed by atoms with Crippen molar-refractivity contribution in [2.45, 2.75) is 26.2 Å². The highest BCUT2D eigenvalue weighted by atomic mass is 32.1. The Morgan fingerprint density at radius 3 is 2.55 bits per heavy atom. The van der Waals surface area contributed by atoms with Crippen molar-refractivity contribution in [1.29, 1.82) is 0 Å². The van der Waals surface area contributed by atoms with Gasteiger partial charge in [-0.3, -0.25) is 4.79 Å². The Labute approximate surface area is 171 Å². The van der Waals surface area contributed by atoms with Gasteiger partial charge in [0.15, 0.2) is 5.82 Å². The van der Waals surface area contributed by atoms with E-state index in [9.17, 15) is 9.18 Å². The molecular formula is C22H20FN3O2S. The average molecular weight is 409 g/mol. The third-order valence-electron chi connectivity index (χ3n) is 4.48. The van der Waals surface area contributed by atoms with Crippen LogP contribution in [0.2, 0.25) is 0 Å². The van der Waals surface area contributed by atoms with Crippen molar-refractivity contribution in [2.24, 2.45) is 0 Å². The van der Waals surface area contributed by atoms with Gasteiger partial charge in [0.05, 0.1) is 11.1 Å². The van der Waals surface area contributed by atoms with Crippen LogP contribution in [0.3, 0.4) is 0 Å². The molecule has 29 heavy (non-hydrogen) atoms. The van der Waals surface area contributed by atoms with Crippen LogP contribution in [-0.4, -0.2) is 21.2 Å². The maximum atomic E-state index is 13.0. The maximum absolute atomic E-state index is 13.0. The van der Waals surface area contributed by atoms with Gasteiger partial charge in [0.1, 0.15) is 11.6 Å². The van der Waals surface area contributed by atoms with Crippen LogP contribution in [-0.2, 0) is 0 Å². The van der Waals surface area contributed by atoms with Gasteiger partial charge in [0.25, 0.3) is 5.56 Å². The Bertz CT molecular complexity index is 1210. The van der Waals surface area contributed by atoms with Crippen molar-refractivity contribution in [2.75, 3.05) is 6.61 Å². The summed E-state index contributed by atoms with van der Waals surface area (Å²) in [5, 5.41) is 4.36. The van der Waals surface area contributed by atoms with Crippen LogP contribution in [0.15, 0.2) is 53.3 Å². The van der Waals surface area contributed by atoms with Crippen molar-refractivity contribution in [1.82, 2.24) is 14.6 Å². The zero-order valence-corrected chi connectivity index (χ0v) is 16.8. The van der Waals surface area contributed by atoms with E-state index in [0.29, 0.717) is 21.9 Å². The molecule has 0 aliphatic rings. The molecule has 2 aromatic heterocycles. The zero-order chi connectivity index (χ0) is 20.2. The van der Waals surface area contributed by atoms with E-state index in [0.717, 1.165) is 36.1 Å². The standard InChI is InChI=1S/C22H20FN3O2S/c1-2-3-4-13-28-18-11-7-16(8-12-18)20-24-22-26(25-20)21(27)19(29-22)14-15-5-9-17(23)10-6-15/h5-12,14H,2-4,13H2,1H3/b19-14-. The lowest BCUT2D eigenvalue weighted by atomic mass is 10.2. The minimum absolute atomic E-state index is 0.232. The summed E-state index contributed by atoms with van der Waals surface area (Å²) in [4.78, 5) is 17.6. The molecule has 0 spiro atoms. The topological polar surface area (TPSA) is 56.5 Å². The van der Waals surface area contributed by atoms with Gasteiger partial charge in [-0.15, -0.1) is 5.10 Å². The lowest BCUT2D eigenvalue weighted by molar-refractivity contribution is 0.306. The fraction of sp³-hybridized carbons (Fsp3) is 0.227. The minimum atomic E-state index is -0.311. The Morgan fingerprint density at radius 1 is 1.10 bits per heavy atom. The second-order valence-electron chi connectivity index (χ2n) is 6.68. The lowest BCUT2D eigenvalue weighted by Crippen LogP contribution is -2.23. The second kappa shape index (κ2) is 8.53. The normalized spacial score (nSPS) is 12.0. The molecule has 0 aliphatic carbocycles. The van der Waals surface area contributed by atoms with E-state index >= 15 is 0 Å².